The van der Waals surface area contributed by atoms with Crippen molar-refractivity contribution in [3.05, 3.63) is 23.8 Å². The number of phenols is 2. The molecule has 9 heteroatoms. The van der Waals surface area contributed by atoms with Crippen molar-refractivity contribution in [2.75, 3.05) is 0 Å². The van der Waals surface area contributed by atoms with Gasteiger partial charge in [0.15, 0.2) is 11.5 Å². The number of esters is 1. The van der Waals surface area contributed by atoms with Crippen molar-refractivity contribution >= 4 is 17.8 Å². The Morgan fingerprint density at radius 1 is 0.956 bits per heavy atom. The van der Waals surface area contributed by atoms with E-state index in [9.17, 15) is 29.7 Å². The molecule has 1 saturated heterocycles. The number of aromatic hydroxyl groups is 2. The minimum absolute atomic E-state index is 0.0521. The first-order chi connectivity index (χ1) is 21.4. The van der Waals surface area contributed by atoms with Crippen molar-refractivity contribution in [2.45, 2.75) is 141 Å². The van der Waals surface area contributed by atoms with E-state index >= 15 is 0 Å². The van der Waals surface area contributed by atoms with Crippen LogP contribution in [-0.2, 0) is 25.5 Å². The third-order valence-electron chi connectivity index (χ3n) is 13.0. The highest BCUT2D eigenvalue weighted by Gasteiger charge is 2.63. The first kappa shape index (κ1) is 32.1. The van der Waals surface area contributed by atoms with Gasteiger partial charge >= 0.3 is 5.97 Å². The Morgan fingerprint density at radius 3 is 2.33 bits per heavy atom. The number of aliphatic hydroxyl groups is 1. The molecule has 1 heterocycles. The molecule has 8 atom stereocenters. The van der Waals surface area contributed by atoms with Crippen molar-refractivity contribution in [1.29, 1.82) is 0 Å². The highest BCUT2D eigenvalue weighted by atomic mass is 16.5. The zero-order valence-corrected chi connectivity index (χ0v) is 27.2. The van der Waals surface area contributed by atoms with Crippen molar-refractivity contribution < 1.29 is 34.4 Å². The van der Waals surface area contributed by atoms with E-state index in [0.29, 0.717) is 17.9 Å². The van der Waals surface area contributed by atoms with E-state index < -0.39 is 24.1 Å². The van der Waals surface area contributed by atoms with Gasteiger partial charge in [0.1, 0.15) is 24.3 Å². The number of phenolic OH excluding ortho intramolecular Hbond substituents is 2. The molecule has 6 rings (SSSR count). The fraction of sp³-hybridized carbons (Fsp3) is 0.750. The molecule has 1 aliphatic heterocycles. The SMILES string of the molecule is CC1(C)C2CCC1(C)C(OC(=O)[C@@H]1CC3CCCCC3N1C(=O)[C@@H](NC(=O)[C@H](O)Cc1ccc(O)c(O)c1)C1CCCCC1)C2. The minimum atomic E-state index is -1.45. The number of nitrogens with zero attached hydrogens (tertiary/aromatic N) is 1. The van der Waals surface area contributed by atoms with Gasteiger partial charge in [0.05, 0.1) is 0 Å². The summed E-state index contributed by atoms with van der Waals surface area (Å²) in [5.41, 5.74) is 0.516. The molecule has 248 valence electrons. The van der Waals surface area contributed by atoms with Crippen molar-refractivity contribution in [1.82, 2.24) is 10.2 Å². The molecule has 1 aromatic carbocycles. The lowest BCUT2D eigenvalue weighted by atomic mass is 9.70. The summed E-state index contributed by atoms with van der Waals surface area (Å²) in [5, 5.41) is 33.3. The monoisotopic (exact) mass is 624 g/mol. The lowest BCUT2D eigenvalue weighted by Crippen LogP contribution is -2.59. The molecule has 0 spiro atoms. The molecular weight excluding hydrogens is 572 g/mol. The van der Waals surface area contributed by atoms with Crippen molar-refractivity contribution in [3.63, 3.8) is 0 Å². The van der Waals surface area contributed by atoms with Crippen LogP contribution in [-0.4, -0.2) is 68.3 Å². The predicted molar refractivity (Wildman–Crippen MR) is 168 cm³/mol. The molecule has 9 nitrogen and oxygen atoms in total. The summed E-state index contributed by atoms with van der Waals surface area (Å²) in [6.07, 6.45) is 10.5. The number of likely N-dealkylation sites (tertiary alicyclic amines) is 1. The third-order valence-corrected chi connectivity index (χ3v) is 13.0. The normalized spacial score (nSPS) is 33.8. The van der Waals surface area contributed by atoms with Gasteiger partial charge in [0, 0.05) is 17.9 Å². The van der Waals surface area contributed by atoms with E-state index in [4.69, 9.17) is 4.74 Å². The Labute approximate surface area is 267 Å². The average Bonchev–Trinajstić information content (AvgIpc) is 3.58. The maximum atomic E-state index is 14.7. The van der Waals surface area contributed by atoms with E-state index in [1.165, 1.54) is 18.2 Å². The number of carbonyl (C=O) groups excluding carboxylic acids is 3. The standard InChI is InChI=1S/C36H52N2O7/c1-35(2)24-15-16-36(35,3)30(20-24)45-34(44)26-19-23-11-7-8-12-25(23)38(26)33(43)31(22-9-5-4-6-10-22)37-32(42)29(41)18-21-13-14-27(39)28(40)17-21/h13-14,17,22-26,29-31,39-41H,4-12,15-16,18-20H2,1-3H3,(H,37,42)/t23?,24?,25?,26-,29+,30?,31-,36?/m0/s1. The topological polar surface area (TPSA) is 136 Å². The first-order valence-corrected chi connectivity index (χ1v) is 17.4. The fourth-order valence-electron chi connectivity index (χ4n) is 9.79. The number of carbonyl (C=O) groups is 3. The fourth-order valence-corrected chi connectivity index (χ4v) is 9.79. The molecule has 5 unspecified atom stereocenters. The zero-order chi connectivity index (χ0) is 32.1. The average molecular weight is 625 g/mol. The van der Waals surface area contributed by atoms with Crippen LogP contribution >= 0.6 is 0 Å². The smallest absolute Gasteiger partial charge is 0.329 e. The Balaban J connectivity index is 1.22. The molecule has 2 amide bonds. The minimum Gasteiger partial charge on any atom is -0.504 e. The maximum Gasteiger partial charge on any atom is 0.329 e. The van der Waals surface area contributed by atoms with Crippen LogP contribution < -0.4 is 5.32 Å². The quantitative estimate of drug-likeness (QED) is 0.237. The number of hydrogen-bond acceptors (Lipinski definition) is 7. The molecule has 0 aromatic heterocycles. The van der Waals surface area contributed by atoms with E-state index in [0.717, 1.165) is 77.0 Å². The Morgan fingerprint density at radius 2 is 1.67 bits per heavy atom. The molecular formula is C36H52N2O7. The van der Waals surface area contributed by atoms with Gasteiger partial charge in [-0.1, -0.05) is 58.9 Å². The Hall–Kier alpha value is -2.81. The summed E-state index contributed by atoms with van der Waals surface area (Å²) in [4.78, 5) is 44.0. The number of rotatable bonds is 8. The molecule has 4 aliphatic carbocycles. The second-order valence-electron chi connectivity index (χ2n) is 15.6. The van der Waals surface area contributed by atoms with E-state index in [2.05, 4.69) is 26.1 Å². The van der Waals surface area contributed by atoms with E-state index in [-0.39, 0.29) is 64.6 Å². The summed E-state index contributed by atoms with van der Waals surface area (Å²) >= 11 is 0. The summed E-state index contributed by atoms with van der Waals surface area (Å²) in [7, 11) is 0. The zero-order valence-electron chi connectivity index (χ0n) is 27.2. The van der Waals surface area contributed by atoms with Crippen LogP contribution in [0.1, 0.15) is 110 Å². The number of ether oxygens (including phenoxy) is 1. The lowest BCUT2D eigenvalue weighted by Gasteiger charge is -2.40. The van der Waals surface area contributed by atoms with Gasteiger partial charge < -0.3 is 30.3 Å². The molecule has 5 fully saturated rings. The predicted octanol–water partition coefficient (Wildman–Crippen LogP) is 4.98. The van der Waals surface area contributed by atoms with E-state index in [1.807, 2.05) is 0 Å². The summed E-state index contributed by atoms with van der Waals surface area (Å²) < 4.78 is 6.38. The molecule has 4 saturated carbocycles. The highest BCUT2D eigenvalue weighted by molar-refractivity contribution is 5.93. The van der Waals surface area contributed by atoms with Crippen LogP contribution in [0.4, 0.5) is 0 Å². The van der Waals surface area contributed by atoms with Crippen LogP contribution in [0, 0.1) is 28.6 Å². The van der Waals surface area contributed by atoms with Gasteiger partial charge in [-0.2, -0.15) is 0 Å². The Kier molecular flexibility index (Phi) is 8.87. The second-order valence-corrected chi connectivity index (χ2v) is 15.6. The van der Waals surface area contributed by atoms with Gasteiger partial charge in [-0.05, 0) is 92.2 Å². The van der Waals surface area contributed by atoms with Gasteiger partial charge in [0.25, 0.3) is 0 Å². The van der Waals surface area contributed by atoms with Gasteiger partial charge in [-0.15, -0.1) is 0 Å². The highest BCUT2D eigenvalue weighted by Crippen LogP contribution is 2.66. The summed E-state index contributed by atoms with van der Waals surface area (Å²) in [6.45, 7) is 6.86. The molecule has 4 N–H and O–H groups in total. The van der Waals surface area contributed by atoms with Gasteiger partial charge in [-0.3, -0.25) is 9.59 Å². The molecule has 2 bridgehead atoms. The summed E-state index contributed by atoms with van der Waals surface area (Å²) in [6, 6.07) is 2.62. The van der Waals surface area contributed by atoms with Crippen molar-refractivity contribution in [2.24, 2.45) is 28.6 Å². The number of benzene rings is 1. The van der Waals surface area contributed by atoms with Crippen LogP contribution in [0.3, 0.4) is 0 Å². The number of nitrogens with one attached hydrogen (secondary N) is 1. The van der Waals surface area contributed by atoms with Gasteiger partial charge in [0.2, 0.25) is 11.8 Å². The van der Waals surface area contributed by atoms with Crippen molar-refractivity contribution in [3.8, 4) is 11.5 Å². The molecule has 45 heavy (non-hydrogen) atoms. The third kappa shape index (κ3) is 5.83. The maximum absolute atomic E-state index is 14.7. The van der Waals surface area contributed by atoms with Gasteiger partial charge in [-0.25, -0.2) is 4.79 Å². The number of aliphatic hydroxyl groups excluding tert-OH is 1. The van der Waals surface area contributed by atoms with Crippen LogP contribution in [0.15, 0.2) is 18.2 Å². The first-order valence-electron chi connectivity index (χ1n) is 17.4. The molecule has 0 radical (unpaired) electrons. The number of fused-ring (bicyclic) bond motifs is 3. The van der Waals surface area contributed by atoms with E-state index in [1.54, 1.807) is 4.90 Å². The van der Waals surface area contributed by atoms with Crippen LogP contribution in [0.25, 0.3) is 0 Å². The molecule has 1 aromatic rings. The number of hydrogen-bond donors (Lipinski definition) is 4. The summed E-state index contributed by atoms with van der Waals surface area (Å²) in [5.74, 6) is -1.08. The van der Waals surface area contributed by atoms with Crippen LogP contribution in [0.5, 0.6) is 11.5 Å². The Bertz CT molecular complexity index is 1290. The molecule has 5 aliphatic rings. The van der Waals surface area contributed by atoms with Crippen LogP contribution in [0.2, 0.25) is 0 Å². The number of amides is 2. The largest absolute Gasteiger partial charge is 0.504 e. The lowest BCUT2D eigenvalue weighted by molar-refractivity contribution is -0.166. The second kappa shape index (κ2) is 12.4.